The molecule has 0 aliphatic carbocycles. The molecule has 1 fully saturated rings. The van der Waals surface area contributed by atoms with Crippen LogP contribution in [0.15, 0.2) is 23.1 Å². The van der Waals surface area contributed by atoms with Crippen molar-refractivity contribution in [1.29, 1.82) is 0 Å². The number of rotatable bonds is 2. The van der Waals surface area contributed by atoms with Crippen LogP contribution in [-0.4, -0.2) is 41.2 Å². The number of alkyl halides is 6. The smallest absolute Gasteiger partial charge is 0.342 e. The van der Waals surface area contributed by atoms with Gasteiger partial charge in [-0.1, -0.05) is 0 Å². The van der Waals surface area contributed by atoms with Crippen molar-refractivity contribution in [1.82, 2.24) is 4.90 Å². The Bertz CT molecular complexity index is 780. The summed E-state index contributed by atoms with van der Waals surface area (Å²) >= 11 is 0.934. The lowest BCUT2D eigenvalue weighted by Gasteiger charge is -2.34. The topological polar surface area (TPSA) is 49.4 Å². The molecule has 3 rings (SSSR count). The number of carbonyl (C=O) groups excluding carboxylic acids is 2. The Morgan fingerprint density at radius 2 is 1.93 bits per heavy atom. The summed E-state index contributed by atoms with van der Waals surface area (Å²) in [7, 11) is 0. The lowest BCUT2D eigenvalue weighted by molar-refractivity contribution is -0.188. The number of piperidine rings is 1. The Hall–Kier alpha value is -1.91. The van der Waals surface area contributed by atoms with Crippen molar-refractivity contribution in [2.24, 2.45) is 5.92 Å². The number of nitrogens with zero attached hydrogens (tertiary/aromatic N) is 1. The van der Waals surface area contributed by atoms with Gasteiger partial charge in [0.05, 0.1) is 22.4 Å². The zero-order valence-electron chi connectivity index (χ0n) is 14.4. The highest BCUT2D eigenvalue weighted by atomic mass is 32.2. The highest BCUT2D eigenvalue weighted by Gasteiger charge is 2.43. The van der Waals surface area contributed by atoms with Crippen molar-refractivity contribution >= 4 is 29.3 Å². The molecule has 2 heterocycles. The van der Waals surface area contributed by atoms with Gasteiger partial charge in [-0.15, -0.1) is 11.8 Å². The summed E-state index contributed by atoms with van der Waals surface area (Å²) in [6.07, 6.45) is -9.07. The van der Waals surface area contributed by atoms with Crippen molar-refractivity contribution in [3.05, 3.63) is 23.8 Å². The van der Waals surface area contributed by atoms with Crippen LogP contribution >= 0.6 is 11.8 Å². The Kier molecular flexibility index (Phi) is 5.57. The summed E-state index contributed by atoms with van der Waals surface area (Å²) < 4.78 is 77.0. The third-order valence-corrected chi connectivity index (χ3v) is 6.00. The van der Waals surface area contributed by atoms with Crippen LogP contribution in [0, 0.1) is 5.92 Å². The lowest BCUT2D eigenvalue weighted by Crippen LogP contribution is -2.46. The molecule has 1 saturated heterocycles. The SMILES string of the molecule is O=C1Nc2cc(C(F)(F)F)ccc2SC1CC(=O)N1CCCC(C(F)(F)F)C1. The van der Waals surface area contributed by atoms with E-state index in [0.717, 1.165) is 28.8 Å². The quantitative estimate of drug-likeness (QED) is 0.718. The van der Waals surface area contributed by atoms with Crippen LogP contribution in [0.1, 0.15) is 24.8 Å². The highest BCUT2D eigenvalue weighted by molar-refractivity contribution is 8.01. The third-order valence-electron chi connectivity index (χ3n) is 4.72. The van der Waals surface area contributed by atoms with E-state index >= 15 is 0 Å². The Balaban J connectivity index is 1.67. The number of hydrogen-bond acceptors (Lipinski definition) is 3. The largest absolute Gasteiger partial charge is 0.416 e. The van der Waals surface area contributed by atoms with Crippen LogP contribution in [0.3, 0.4) is 0 Å². The van der Waals surface area contributed by atoms with Gasteiger partial charge in [0.1, 0.15) is 0 Å². The maximum Gasteiger partial charge on any atom is 0.416 e. The molecule has 2 atom stereocenters. The number of hydrogen-bond donors (Lipinski definition) is 1. The minimum Gasteiger partial charge on any atom is -0.342 e. The van der Waals surface area contributed by atoms with Crippen molar-refractivity contribution in [3.8, 4) is 0 Å². The molecule has 154 valence electrons. The normalized spacial score (nSPS) is 23.2. The zero-order chi connectivity index (χ0) is 20.7. The Labute approximate surface area is 160 Å². The van der Waals surface area contributed by atoms with E-state index in [-0.39, 0.29) is 31.5 Å². The van der Waals surface area contributed by atoms with Crippen molar-refractivity contribution in [2.45, 2.75) is 41.8 Å². The number of likely N-dealkylation sites (tertiary alicyclic amines) is 1. The van der Waals surface area contributed by atoms with E-state index < -0.39 is 47.4 Å². The van der Waals surface area contributed by atoms with Crippen molar-refractivity contribution in [2.75, 3.05) is 18.4 Å². The van der Waals surface area contributed by atoms with Crippen molar-refractivity contribution < 1.29 is 35.9 Å². The first-order valence-electron chi connectivity index (χ1n) is 8.48. The van der Waals surface area contributed by atoms with Gasteiger partial charge in [0.2, 0.25) is 11.8 Å². The Morgan fingerprint density at radius 3 is 2.57 bits per heavy atom. The summed E-state index contributed by atoms with van der Waals surface area (Å²) in [5.74, 6) is -2.80. The number of halogens is 6. The van der Waals surface area contributed by atoms with Crippen molar-refractivity contribution in [3.63, 3.8) is 0 Å². The molecule has 11 heteroatoms. The van der Waals surface area contributed by atoms with Gasteiger partial charge in [-0.05, 0) is 31.0 Å². The number of benzene rings is 1. The molecule has 2 amide bonds. The molecular formula is C17H16F6N2O2S. The molecule has 0 aromatic heterocycles. The third kappa shape index (κ3) is 4.56. The van der Waals surface area contributed by atoms with Gasteiger partial charge in [0.15, 0.2) is 0 Å². The summed E-state index contributed by atoms with van der Waals surface area (Å²) in [6, 6.07) is 2.90. The molecule has 0 saturated carbocycles. The average Bonchev–Trinajstić information content (AvgIpc) is 2.60. The predicted molar refractivity (Wildman–Crippen MR) is 89.7 cm³/mol. The van der Waals surface area contributed by atoms with E-state index in [1.54, 1.807) is 0 Å². The first-order valence-corrected chi connectivity index (χ1v) is 9.36. The molecule has 1 N–H and O–H groups in total. The van der Waals surface area contributed by atoms with Crippen LogP contribution in [0.5, 0.6) is 0 Å². The van der Waals surface area contributed by atoms with Gasteiger partial charge in [-0.25, -0.2) is 0 Å². The molecule has 0 radical (unpaired) electrons. The first-order chi connectivity index (χ1) is 12.9. The molecule has 0 bridgehead atoms. The fourth-order valence-corrected chi connectivity index (χ4v) is 4.30. The molecule has 2 unspecified atom stereocenters. The van der Waals surface area contributed by atoms with E-state index in [1.807, 2.05) is 0 Å². The highest BCUT2D eigenvalue weighted by Crippen LogP contribution is 2.41. The second-order valence-electron chi connectivity index (χ2n) is 6.73. The van der Waals surface area contributed by atoms with Crippen LogP contribution in [0.2, 0.25) is 0 Å². The van der Waals surface area contributed by atoms with Gasteiger partial charge >= 0.3 is 12.4 Å². The molecule has 1 aromatic carbocycles. The molecule has 4 nitrogen and oxygen atoms in total. The number of amides is 2. The van der Waals surface area contributed by atoms with E-state index in [1.165, 1.54) is 6.07 Å². The molecule has 2 aliphatic rings. The second-order valence-corrected chi connectivity index (χ2v) is 7.97. The van der Waals surface area contributed by atoms with Crippen LogP contribution in [0.4, 0.5) is 32.0 Å². The minimum atomic E-state index is -4.56. The monoisotopic (exact) mass is 426 g/mol. The average molecular weight is 426 g/mol. The summed E-state index contributed by atoms with van der Waals surface area (Å²) in [6.45, 7) is -0.247. The fourth-order valence-electron chi connectivity index (χ4n) is 3.22. The number of carbonyl (C=O) groups is 2. The number of thioether (sulfide) groups is 1. The molecule has 2 aliphatic heterocycles. The van der Waals surface area contributed by atoms with Crippen LogP contribution in [0.25, 0.3) is 0 Å². The van der Waals surface area contributed by atoms with Crippen LogP contribution in [-0.2, 0) is 15.8 Å². The minimum absolute atomic E-state index is 0.00336. The van der Waals surface area contributed by atoms with E-state index in [2.05, 4.69) is 5.32 Å². The first kappa shape index (κ1) is 20.8. The van der Waals surface area contributed by atoms with Gasteiger partial charge in [-0.3, -0.25) is 9.59 Å². The molecule has 1 aromatic rings. The summed E-state index contributed by atoms with van der Waals surface area (Å²) in [5.41, 5.74) is -0.906. The van der Waals surface area contributed by atoms with E-state index in [9.17, 15) is 35.9 Å². The number of fused-ring (bicyclic) bond motifs is 1. The zero-order valence-corrected chi connectivity index (χ0v) is 15.2. The van der Waals surface area contributed by atoms with Gasteiger partial charge in [-0.2, -0.15) is 26.3 Å². The van der Waals surface area contributed by atoms with Gasteiger partial charge in [0.25, 0.3) is 0 Å². The summed E-state index contributed by atoms with van der Waals surface area (Å²) in [5, 5.41) is 1.44. The standard InChI is InChI=1S/C17H16F6N2O2S/c18-16(19,20)9-3-4-12-11(6-9)24-15(27)13(28-12)7-14(26)25-5-1-2-10(8-25)17(21,22)23/h3-4,6,10,13H,1-2,5,7-8H2,(H,24,27). The summed E-state index contributed by atoms with van der Waals surface area (Å²) in [4.78, 5) is 26.1. The molecule has 28 heavy (non-hydrogen) atoms. The lowest BCUT2D eigenvalue weighted by atomic mass is 9.97. The van der Waals surface area contributed by atoms with Crippen LogP contribution < -0.4 is 5.32 Å². The number of anilines is 1. The molecular weight excluding hydrogens is 410 g/mol. The molecule has 0 spiro atoms. The van der Waals surface area contributed by atoms with Gasteiger partial charge in [0, 0.05) is 24.4 Å². The second kappa shape index (κ2) is 7.49. The maximum absolute atomic E-state index is 12.9. The van der Waals surface area contributed by atoms with E-state index in [0.29, 0.717) is 4.90 Å². The number of nitrogens with one attached hydrogen (secondary N) is 1. The maximum atomic E-state index is 12.9. The Morgan fingerprint density at radius 1 is 1.21 bits per heavy atom. The predicted octanol–water partition coefficient (Wildman–Crippen LogP) is 4.31. The van der Waals surface area contributed by atoms with E-state index in [4.69, 9.17) is 0 Å². The van der Waals surface area contributed by atoms with Gasteiger partial charge < -0.3 is 10.2 Å². The fraction of sp³-hybridized carbons (Fsp3) is 0.529.